The van der Waals surface area contributed by atoms with Crippen molar-refractivity contribution in [1.82, 2.24) is 0 Å². The molecule has 0 aliphatic heterocycles. The molecule has 0 bridgehead atoms. The summed E-state index contributed by atoms with van der Waals surface area (Å²) in [6, 6.07) is 7.41. The Hall–Kier alpha value is -1.85. The van der Waals surface area contributed by atoms with Crippen LogP contribution in [0.1, 0.15) is 6.92 Å². The van der Waals surface area contributed by atoms with E-state index in [1.807, 2.05) is 0 Å². The molecule has 0 aliphatic rings. The Morgan fingerprint density at radius 1 is 1.18 bits per heavy atom. The molecule has 1 unspecified atom stereocenters. The van der Waals surface area contributed by atoms with Gasteiger partial charge in [0.1, 0.15) is 17.4 Å². The third kappa shape index (κ3) is 4.08. The average Bonchev–Trinajstić information content (AvgIpc) is 2.44. The summed E-state index contributed by atoms with van der Waals surface area (Å²) in [7, 11) is 0. The third-order valence-corrected chi connectivity index (χ3v) is 3.29. The van der Waals surface area contributed by atoms with Gasteiger partial charge in [-0.05, 0) is 37.3 Å². The van der Waals surface area contributed by atoms with Crippen molar-refractivity contribution in [2.45, 2.75) is 13.0 Å². The highest BCUT2D eigenvalue weighted by Crippen LogP contribution is 2.28. The number of hydrogen-bond acceptors (Lipinski definition) is 2. The van der Waals surface area contributed by atoms with E-state index in [4.69, 9.17) is 27.9 Å². The average molecular weight is 346 g/mol. The van der Waals surface area contributed by atoms with E-state index in [9.17, 15) is 13.6 Å². The number of amides is 1. The number of hydrogen-bond donors (Lipinski definition) is 1. The second kappa shape index (κ2) is 6.94. The van der Waals surface area contributed by atoms with Gasteiger partial charge < -0.3 is 10.1 Å². The number of nitrogens with one attached hydrogen (secondary N) is 1. The SMILES string of the molecule is CC(Oc1ccc(Cl)cc1Cl)C(=O)Nc1ccc(F)cc1F. The molecule has 22 heavy (non-hydrogen) atoms. The Morgan fingerprint density at radius 2 is 1.91 bits per heavy atom. The van der Waals surface area contributed by atoms with Crippen LogP contribution in [-0.4, -0.2) is 12.0 Å². The van der Waals surface area contributed by atoms with Crippen molar-refractivity contribution in [3.05, 3.63) is 58.1 Å². The Morgan fingerprint density at radius 3 is 2.55 bits per heavy atom. The molecule has 0 heterocycles. The van der Waals surface area contributed by atoms with Crippen molar-refractivity contribution >= 4 is 34.8 Å². The van der Waals surface area contributed by atoms with Gasteiger partial charge in [0.2, 0.25) is 0 Å². The molecule has 116 valence electrons. The smallest absolute Gasteiger partial charge is 0.265 e. The van der Waals surface area contributed by atoms with E-state index >= 15 is 0 Å². The van der Waals surface area contributed by atoms with Gasteiger partial charge in [0.05, 0.1) is 10.7 Å². The lowest BCUT2D eigenvalue weighted by Gasteiger charge is -2.16. The van der Waals surface area contributed by atoms with Crippen LogP contribution in [0.5, 0.6) is 5.75 Å². The summed E-state index contributed by atoms with van der Waals surface area (Å²) in [5.74, 6) is -1.93. The largest absolute Gasteiger partial charge is 0.479 e. The molecule has 2 aromatic carbocycles. The minimum absolute atomic E-state index is 0.135. The van der Waals surface area contributed by atoms with Crippen molar-refractivity contribution in [2.75, 3.05) is 5.32 Å². The first-order valence-corrected chi connectivity index (χ1v) is 7.00. The fraction of sp³-hybridized carbons (Fsp3) is 0.133. The Balaban J connectivity index is 2.05. The lowest BCUT2D eigenvalue weighted by Crippen LogP contribution is -2.30. The molecule has 0 fully saturated rings. The van der Waals surface area contributed by atoms with Gasteiger partial charge >= 0.3 is 0 Å². The fourth-order valence-corrected chi connectivity index (χ4v) is 2.09. The first-order chi connectivity index (χ1) is 10.4. The third-order valence-electron chi connectivity index (χ3n) is 2.76. The fourth-order valence-electron chi connectivity index (χ4n) is 1.64. The monoisotopic (exact) mass is 345 g/mol. The summed E-state index contributed by atoms with van der Waals surface area (Å²) in [6.45, 7) is 1.47. The normalized spacial score (nSPS) is 11.9. The summed E-state index contributed by atoms with van der Waals surface area (Å²) >= 11 is 11.7. The molecule has 1 atom stereocenters. The predicted molar refractivity (Wildman–Crippen MR) is 81.5 cm³/mol. The first kappa shape index (κ1) is 16.5. The van der Waals surface area contributed by atoms with Gasteiger partial charge in [0.25, 0.3) is 5.91 Å². The minimum Gasteiger partial charge on any atom is -0.479 e. The molecule has 0 saturated carbocycles. The quantitative estimate of drug-likeness (QED) is 0.873. The standard InChI is InChI=1S/C15H11Cl2F2NO2/c1-8(22-14-5-2-9(16)6-11(14)17)15(21)20-13-4-3-10(18)7-12(13)19/h2-8H,1H3,(H,20,21). The van der Waals surface area contributed by atoms with Gasteiger partial charge in [0, 0.05) is 11.1 Å². The second-order valence-corrected chi connectivity index (χ2v) is 5.29. The maximum atomic E-state index is 13.5. The summed E-state index contributed by atoms with van der Waals surface area (Å²) in [4.78, 5) is 12.0. The molecular formula is C15H11Cl2F2NO2. The number of anilines is 1. The molecule has 0 spiro atoms. The molecule has 0 saturated heterocycles. The Bertz CT molecular complexity index is 710. The van der Waals surface area contributed by atoms with Crippen molar-refractivity contribution in [3.8, 4) is 5.75 Å². The zero-order valence-electron chi connectivity index (χ0n) is 11.4. The summed E-state index contributed by atoms with van der Waals surface area (Å²) in [5.41, 5.74) is -0.135. The van der Waals surface area contributed by atoms with Crippen LogP contribution in [0.25, 0.3) is 0 Å². The van der Waals surface area contributed by atoms with Crippen LogP contribution in [-0.2, 0) is 4.79 Å². The molecule has 3 nitrogen and oxygen atoms in total. The highest BCUT2D eigenvalue weighted by atomic mass is 35.5. The van der Waals surface area contributed by atoms with Crippen LogP contribution in [0.15, 0.2) is 36.4 Å². The molecule has 2 aromatic rings. The van der Waals surface area contributed by atoms with Crippen molar-refractivity contribution in [1.29, 1.82) is 0 Å². The zero-order chi connectivity index (χ0) is 16.3. The number of carbonyl (C=O) groups excluding carboxylic acids is 1. The molecule has 0 radical (unpaired) electrons. The van der Waals surface area contributed by atoms with E-state index < -0.39 is 23.6 Å². The Labute approximate surface area is 135 Å². The van der Waals surface area contributed by atoms with Crippen LogP contribution < -0.4 is 10.1 Å². The number of halogens is 4. The second-order valence-electron chi connectivity index (χ2n) is 4.45. The van der Waals surface area contributed by atoms with Crippen molar-refractivity contribution in [2.24, 2.45) is 0 Å². The van der Waals surface area contributed by atoms with E-state index in [0.717, 1.165) is 12.1 Å². The number of benzene rings is 2. The van der Waals surface area contributed by atoms with Crippen molar-refractivity contribution in [3.63, 3.8) is 0 Å². The van der Waals surface area contributed by atoms with Gasteiger partial charge in [-0.2, -0.15) is 0 Å². The number of carbonyl (C=O) groups is 1. The summed E-state index contributed by atoms with van der Waals surface area (Å²) in [5, 5.41) is 3.00. The maximum absolute atomic E-state index is 13.5. The van der Waals surface area contributed by atoms with E-state index in [0.29, 0.717) is 11.1 Å². The molecular weight excluding hydrogens is 335 g/mol. The minimum atomic E-state index is -0.942. The predicted octanol–water partition coefficient (Wildman–Crippen LogP) is 4.68. The van der Waals surface area contributed by atoms with Gasteiger partial charge in [-0.1, -0.05) is 23.2 Å². The number of ether oxygens (including phenoxy) is 1. The van der Waals surface area contributed by atoms with Crippen LogP contribution >= 0.6 is 23.2 Å². The van der Waals surface area contributed by atoms with Crippen LogP contribution in [0.4, 0.5) is 14.5 Å². The zero-order valence-corrected chi connectivity index (χ0v) is 12.9. The topological polar surface area (TPSA) is 38.3 Å². The molecule has 1 amide bonds. The molecule has 1 N–H and O–H groups in total. The summed E-state index contributed by atoms with van der Waals surface area (Å²) < 4.78 is 31.7. The molecule has 2 rings (SSSR count). The van der Waals surface area contributed by atoms with Crippen LogP contribution in [0.2, 0.25) is 10.0 Å². The molecule has 0 aromatic heterocycles. The van der Waals surface area contributed by atoms with Crippen LogP contribution in [0.3, 0.4) is 0 Å². The lowest BCUT2D eigenvalue weighted by atomic mass is 10.2. The first-order valence-electron chi connectivity index (χ1n) is 6.24. The van der Waals surface area contributed by atoms with Gasteiger partial charge in [-0.3, -0.25) is 4.79 Å². The van der Waals surface area contributed by atoms with Gasteiger partial charge in [0.15, 0.2) is 6.10 Å². The molecule has 0 aliphatic carbocycles. The highest BCUT2D eigenvalue weighted by Gasteiger charge is 2.18. The summed E-state index contributed by atoms with van der Waals surface area (Å²) in [6.07, 6.45) is -0.942. The maximum Gasteiger partial charge on any atom is 0.265 e. The highest BCUT2D eigenvalue weighted by molar-refractivity contribution is 6.35. The van der Waals surface area contributed by atoms with Crippen LogP contribution in [0, 0.1) is 11.6 Å². The van der Waals surface area contributed by atoms with Crippen molar-refractivity contribution < 1.29 is 18.3 Å². The van der Waals surface area contributed by atoms with Gasteiger partial charge in [-0.15, -0.1) is 0 Å². The Kier molecular flexibility index (Phi) is 5.21. The van der Waals surface area contributed by atoms with E-state index in [2.05, 4.69) is 5.32 Å². The van der Waals surface area contributed by atoms with E-state index in [1.54, 1.807) is 6.07 Å². The lowest BCUT2D eigenvalue weighted by molar-refractivity contribution is -0.122. The molecule has 7 heteroatoms. The van der Waals surface area contributed by atoms with E-state index in [1.165, 1.54) is 19.1 Å². The number of rotatable bonds is 4. The van der Waals surface area contributed by atoms with Gasteiger partial charge in [-0.25, -0.2) is 8.78 Å². The van der Waals surface area contributed by atoms with E-state index in [-0.39, 0.29) is 16.5 Å².